The number of aromatic nitrogens is 1. The van der Waals surface area contributed by atoms with Gasteiger partial charge in [0.05, 0.1) is 6.61 Å². The predicted octanol–water partition coefficient (Wildman–Crippen LogP) is 3.11. The maximum atomic E-state index is 9.36. The van der Waals surface area contributed by atoms with E-state index in [0.29, 0.717) is 0 Å². The van der Waals surface area contributed by atoms with Crippen LogP contribution in [-0.2, 0) is 12.0 Å². The minimum atomic E-state index is 0.00548. The minimum Gasteiger partial charge on any atom is -0.392 e. The Morgan fingerprint density at radius 1 is 1.28 bits per heavy atom. The van der Waals surface area contributed by atoms with Crippen molar-refractivity contribution in [1.29, 1.82) is 0 Å². The Morgan fingerprint density at radius 3 is 2.44 bits per heavy atom. The molecule has 0 amide bonds. The van der Waals surface area contributed by atoms with Gasteiger partial charge in [-0.3, -0.25) is 0 Å². The molecule has 1 aromatic heterocycles. The highest BCUT2D eigenvalue weighted by Crippen LogP contribution is 2.24. The van der Waals surface area contributed by atoms with E-state index in [1.165, 1.54) is 6.42 Å². The Hall–Kier alpha value is -1.09. The summed E-state index contributed by atoms with van der Waals surface area (Å²) < 4.78 is 0. The van der Waals surface area contributed by atoms with Crippen molar-refractivity contribution in [2.75, 3.05) is 18.5 Å². The minimum absolute atomic E-state index is 0.00548. The summed E-state index contributed by atoms with van der Waals surface area (Å²) in [6.07, 6.45) is 2.34. The molecular weight excluding hydrogens is 224 g/mol. The van der Waals surface area contributed by atoms with Gasteiger partial charge >= 0.3 is 0 Å². The quantitative estimate of drug-likeness (QED) is 0.872. The van der Waals surface area contributed by atoms with Crippen molar-refractivity contribution < 1.29 is 5.11 Å². The summed E-state index contributed by atoms with van der Waals surface area (Å²) in [6.45, 7) is 9.69. The molecule has 1 N–H and O–H groups in total. The fraction of sp³-hybridized carbons (Fsp3) is 0.667. The third-order valence-corrected chi connectivity index (χ3v) is 3.06. The van der Waals surface area contributed by atoms with E-state index in [0.717, 1.165) is 30.0 Å². The van der Waals surface area contributed by atoms with Crippen LogP contribution in [0.5, 0.6) is 0 Å². The molecule has 0 aromatic carbocycles. The summed E-state index contributed by atoms with van der Waals surface area (Å²) >= 11 is 0. The number of aliphatic hydroxyl groups is 1. The standard InChI is InChI=1S/C15H26N2O/c1-6-7-8-17(5)14-10-12(11-18)9-13(16-14)15(2,3)4/h9-10,18H,6-8,11H2,1-5H3. The Morgan fingerprint density at radius 2 is 1.94 bits per heavy atom. The zero-order valence-corrected chi connectivity index (χ0v) is 12.3. The second-order valence-electron chi connectivity index (χ2n) is 5.90. The number of nitrogens with zero attached hydrogens (tertiary/aromatic N) is 2. The van der Waals surface area contributed by atoms with Crippen LogP contribution in [0.3, 0.4) is 0 Å². The molecule has 0 aliphatic heterocycles. The monoisotopic (exact) mass is 250 g/mol. The number of aliphatic hydroxyl groups excluding tert-OH is 1. The van der Waals surface area contributed by atoms with Gasteiger partial charge < -0.3 is 10.0 Å². The van der Waals surface area contributed by atoms with Crippen molar-refractivity contribution in [2.24, 2.45) is 0 Å². The van der Waals surface area contributed by atoms with Gasteiger partial charge in [-0.1, -0.05) is 34.1 Å². The Kier molecular flexibility index (Phi) is 5.15. The highest BCUT2D eigenvalue weighted by atomic mass is 16.3. The molecule has 0 aliphatic carbocycles. The number of unbranched alkanes of at least 4 members (excludes halogenated alkanes) is 1. The van der Waals surface area contributed by atoms with Crippen molar-refractivity contribution >= 4 is 5.82 Å². The lowest BCUT2D eigenvalue weighted by atomic mass is 9.91. The van der Waals surface area contributed by atoms with Gasteiger partial charge in [-0.05, 0) is 24.1 Å². The van der Waals surface area contributed by atoms with Crippen molar-refractivity contribution in [1.82, 2.24) is 4.98 Å². The molecule has 3 nitrogen and oxygen atoms in total. The molecule has 0 bridgehead atoms. The van der Waals surface area contributed by atoms with Gasteiger partial charge in [-0.25, -0.2) is 4.98 Å². The molecule has 1 rings (SSSR count). The van der Waals surface area contributed by atoms with Gasteiger partial charge in [0.15, 0.2) is 0 Å². The molecule has 3 heteroatoms. The van der Waals surface area contributed by atoms with Crippen molar-refractivity contribution in [3.05, 3.63) is 23.4 Å². The highest BCUT2D eigenvalue weighted by molar-refractivity contribution is 5.43. The summed E-state index contributed by atoms with van der Waals surface area (Å²) in [7, 11) is 2.06. The van der Waals surface area contributed by atoms with Crippen LogP contribution in [0.1, 0.15) is 51.8 Å². The zero-order valence-electron chi connectivity index (χ0n) is 12.3. The van der Waals surface area contributed by atoms with Crippen molar-refractivity contribution in [3.63, 3.8) is 0 Å². The lowest BCUT2D eigenvalue weighted by Crippen LogP contribution is -2.22. The lowest BCUT2D eigenvalue weighted by molar-refractivity contribution is 0.281. The number of hydrogen-bond acceptors (Lipinski definition) is 3. The van der Waals surface area contributed by atoms with Gasteiger partial charge in [-0.15, -0.1) is 0 Å². The first-order valence-corrected chi connectivity index (χ1v) is 6.72. The van der Waals surface area contributed by atoms with E-state index in [1.807, 2.05) is 12.1 Å². The number of hydrogen-bond donors (Lipinski definition) is 1. The maximum absolute atomic E-state index is 9.36. The van der Waals surface area contributed by atoms with E-state index in [9.17, 15) is 5.11 Å². The van der Waals surface area contributed by atoms with E-state index >= 15 is 0 Å². The Bertz CT molecular complexity index is 383. The van der Waals surface area contributed by atoms with Crippen LogP contribution in [-0.4, -0.2) is 23.7 Å². The van der Waals surface area contributed by atoms with Gasteiger partial charge in [0.25, 0.3) is 0 Å². The fourth-order valence-corrected chi connectivity index (χ4v) is 1.75. The molecule has 0 radical (unpaired) electrons. The van der Waals surface area contributed by atoms with E-state index < -0.39 is 0 Å². The van der Waals surface area contributed by atoms with Crippen LogP contribution >= 0.6 is 0 Å². The van der Waals surface area contributed by atoms with Crippen LogP contribution in [0.15, 0.2) is 12.1 Å². The number of anilines is 1. The second-order valence-corrected chi connectivity index (χ2v) is 5.90. The van der Waals surface area contributed by atoms with Crippen LogP contribution in [0.2, 0.25) is 0 Å². The average Bonchev–Trinajstić information content (AvgIpc) is 2.34. The van der Waals surface area contributed by atoms with E-state index in [4.69, 9.17) is 4.98 Å². The molecule has 0 saturated carbocycles. The van der Waals surface area contributed by atoms with Gasteiger partial charge in [0, 0.05) is 24.7 Å². The zero-order chi connectivity index (χ0) is 13.8. The highest BCUT2D eigenvalue weighted by Gasteiger charge is 2.18. The van der Waals surface area contributed by atoms with E-state index in [1.54, 1.807) is 0 Å². The summed E-state index contributed by atoms with van der Waals surface area (Å²) in [5.41, 5.74) is 1.98. The normalized spacial score (nSPS) is 11.7. The Balaban J connectivity index is 3.04. The van der Waals surface area contributed by atoms with Gasteiger partial charge in [0.2, 0.25) is 0 Å². The molecular formula is C15H26N2O. The summed E-state index contributed by atoms with van der Waals surface area (Å²) in [4.78, 5) is 6.88. The first kappa shape index (κ1) is 15.0. The number of pyridine rings is 1. The largest absolute Gasteiger partial charge is 0.392 e. The predicted molar refractivity (Wildman–Crippen MR) is 77.0 cm³/mol. The molecule has 0 atom stereocenters. The molecule has 1 aromatic rings. The molecule has 1 heterocycles. The van der Waals surface area contributed by atoms with Crippen molar-refractivity contribution in [3.8, 4) is 0 Å². The Labute approximate surface area is 111 Å². The SMILES string of the molecule is CCCCN(C)c1cc(CO)cc(C(C)(C)C)n1. The van der Waals surface area contributed by atoms with Crippen LogP contribution in [0.4, 0.5) is 5.82 Å². The van der Waals surface area contributed by atoms with Crippen LogP contribution in [0.25, 0.3) is 0 Å². The smallest absolute Gasteiger partial charge is 0.128 e. The topological polar surface area (TPSA) is 36.4 Å². The molecule has 0 unspecified atom stereocenters. The molecule has 18 heavy (non-hydrogen) atoms. The molecule has 0 fully saturated rings. The average molecular weight is 250 g/mol. The number of rotatable bonds is 5. The third-order valence-electron chi connectivity index (χ3n) is 3.06. The van der Waals surface area contributed by atoms with Crippen LogP contribution < -0.4 is 4.90 Å². The van der Waals surface area contributed by atoms with Crippen molar-refractivity contribution in [2.45, 2.75) is 52.6 Å². The summed E-state index contributed by atoms with van der Waals surface area (Å²) in [6, 6.07) is 3.97. The molecule has 0 saturated heterocycles. The van der Waals surface area contributed by atoms with Crippen LogP contribution in [0, 0.1) is 0 Å². The second kappa shape index (κ2) is 6.19. The maximum Gasteiger partial charge on any atom is 0.128 e. The summed E-state index contributed by atoms with van der Waals surface area (Å²) in [5.74, 6) is 0.958. The molecule has 102 valence electrons. The third kappa shape index (κ3) is 3.98. The first-order valence-electron chi connectivity index (χ1n) is 6.72. The summed E-state index contributed by atoms with van der Waals surface area (Å²) in [5, 5.41) is 9.36. The fourth-order valence-electron chi connectivity index (χ4n) is 1.75. The van der Waals surface area contributed by atoms with Gasteiger partial charge in [0.1, 0.15) is 5.82 Å². The molecule has 0 aliphatic rings. The van der Waals surface area contributed by atoms with E-state index in [2.05, 4.69) is 39.6 Å². The first-order chi connectivity index (χ1) is 8.38. The molecule has 0 spiro atoms. The van der Waals surface area contributed by atoms with Gasteiger partial charge in [-0.2, -0.15) is 0 Å². The lowest BCUT2D eigenvalue weighted by Gasteiger charge is -2.24. The van der Waals surface area contributed by atoms with E-state index in [-0.39, 0.29) is 12.0 Å².